The van der Waals surface area contributed by atoms with E-state index in [1.807, 2.05) is 50.2 Å². The van der Waals surface area contributed by atoms with Crippen LogP contribution in [0.15, 0.2) is 53.5 Å². The van der Waals surface area contributed by atoms with E-state index < -0.39 is 0 Å². The first-order chi connectivity index (χ1) is 14.1. The van der Waals surface area contributed by atoms with E-state index in [0.717, 1.165) is 33.4 Å². The van der Waals surface area contributed by atoms with Gasteiger partial charge in [0.1, 0.15) is 5.01 Å². The van der Waals surface area contributed by atoms with Crippen LogP contribution in [0, 0.1) is 6.92 Å². The van der Waals surface area contributed by atoms with Gasteiger partial charge in [0.25, 0.3) is 0 Å². The standard InChI is InChI=1S/C22H26N4O2S/c1-5-23-22(26-17-11-12-18(27-3)19(13-17)28-4)24-14-20-15(2)25-21(29-20)16-9-7-6-8-10-16/h6-13H,5,14H2,1-4H3,(H2,23,24,26). The molecule has 0 aliphatic heterocycles. The van der Waals surface area contributed by atoms with Gasteiger partial charge in [0, 0.05) is 28.7 Å². The molecule has 1 aromatic heterocycles. The molecule has 3 aromatic rings. The third-order valence-electron chi connectivity index (χ3n) is 4.28. The van der Waals surface area contributed by atoms with E-state index in [4.69, 9.17) is 19.5 Å². The number of nitrogens with one attached hydrogen (secondary N) is 2. The Hall–Kier alpha value is -3.06. The molecular weight excluding hydrogens is 384 g/mol. The number of ether oxygens (including phenoxy) is 2. The van der Waals surface area contributed by atoms with Crippen LogP contribution in [0.5, 0.6) is 11.5 Å². The van der Waals surface area contributed by atoms with Crippen molar-refractivity contribution in [3.8, 4) is 22.1 Å². The van der Waals surface area contributed by atoms with Crippen molar-refractivity contribution < 1.29 is 9.47 Å². The van der Waals surface area contributed by atoms with E-state index in [-0.39, 0.29) is 0 Å². The summed E-state index contributed by atoms with van der Waals surface area (Å²) in [5.41, 5.74) is 3.01. The molecule has 0 atom stereocenters. The number of rotatable bonds is 7. The molecule has 3 rings (SSSR count). The van der Waals surface area contributed by atoms with Gasteiger partial charge in [-0.15, -0.1) is 11.3 Å². The number of hydrogen-bond donors (Lipinski definition) is 2. The zero-order valence-corrected chi connectivity index (χ0v) is 18.0. The van der Waals surface area contributed by atoms with Crippen molar-refractivity contribution in [2.24, 2.45) is 4.99 Å². The Kier molecular flexibility index (Phi) is 7.08. The Bertz CT molecular complexity index is 970. The number of benzene rings is 2. The van der Waals surface area contributed by atoms with Crippen LogP contribution in [-0.4, -0.2) is 31.7 Å². The molecule has 0 aliphatic rings. The SMILES string of the molecule is CCNC(=NCc1sc(-c2ccccc2)nc1C)Nc1ccc(OC)c(OC)c1. The average Bonchev–Trinajstić information content (AvgIpc) is 3.13. The van der Waals surface area contributed by atoms with Gasteiger partial charge in [-0.25, -0.2) is 9.98 Å². The van der Waals surface area contributed by atoms with E-state index in [0.29, 0.717) is 24.0 Å². The Morgan fingerprint density at radius 3 is 2.52 bits per heavy atom. The Morgan fingerprint density at radius 2 is 1.83 bits per heavy atom. The monoisotopic (exact) mass is 410 g/mol. The maximum atomic E-state index is 5.38. The molecule has 0 aliphatic carbocycles. The molecular formula is C22H26N4O2S. The molecule has 0 unspecified atom stereocenters. The van der Waals surface area contributed by atoms with Crippen LogP contribution in [0.1, 0.15) is 17.5 Å². The highest BCUT2D eigenvalue weighted by molar-refractivity contribution is 7.15. The van der Waals surface area contributed by atoms with Gasteiger partial charge in [0.05, 0.1) is 26.5 Å². The second kappa shape index (κ2) is 9.93. The van der Waals surface area contributed by atoms with E-state index >= 15 is 0 Å². The van der Waals surface area contributed by atoms with Gasteiger partial charge in [-0.3, -0.25) is 0 Å². The lowest BCUT2D eigenvalue weighted by atomic mass is 10.2. The lowest BCUT2D eigenvalue weighted by molar-refractivity contribution is 0.355. The summed E-state index contributed by atoms with van der Waals surface area (Å²) in [6.07, 6.45) is 0. The maximum absolute atomic E-state index is 5.38. The molecule has 0 saturated carbocycles. The Labute approximate surface area is 175 Å². The highest BCUT2D eigenvalue weighted by atomic mass is 32.1. The van der Waals surface area contributed by atoms with Gasteiger partial charge < -0.3 is 20.1 Å². The van der Waals surface area contributed by atoms with Crippen LogP contribution < -0.4 is 20.1 Å². The minimum Gasteiger partial charge on any atom is -0.493 e. The normalized spacial score (nSPS) is 11.2. The molecule has 2 N–H and O–H groups in total. The van der Waals surface area contributed by atoms with E-state index in [9.17, 15) is 0 Å². The Balaban J connectivity index is 1.77. The second-order valence-electron chi connectivity index (χ2n) is 6.28. The lowest BCUT2D eigenvalue weighted by Crippen LogP contribution is -2.30. The molecule has 7 heteroatoms. The van der Waals surface area contributed by atoms with Crippen molar-refractivity contribution in [3.63, 3.8) is 0 Å². The van der Waals surface area contributed by atoms with E-state index in [1.54, 1.807) is 25.6 Å². The van der Waals surface area contributed by atoms with Crippen molar-refractivity contribution in [1.29, 1.82) is 0 Å². The molecule has 0 saturated heterocycles. The number of aryl methyl sites for hydroxylation is 1. The quantitative estimate of drug-likeness (QED) is 0.436. The van der Waals surface area contributed by atoms with Crippen LogP contribution in [0.2, 0.25) is 0 Å². The number of hydrogen-bond acceptors (Lipinski definition) is 5. The fourth-order valence-corrected chi connectivity index (χ4v) is 3.78. The zero-order chi connectivity index (χ0) is 20.6. The summed E-state index contributed by atoms with van der Waals surface area (Å²) in [7, 11) is 3.25. The first-order valence-corrected chi connectivity index (χ1v) is 10.2. The van der Waals surface area contributed by atoms with Crippen LogP contribution in [-0.2, 0) is 6.54 Å². The molecule has 0 spiro atoms. The summed E-state index contributed by atoms with van der Waals surface area (Å²) in [4.78, 5) is 10.6. The first-order valence-electron chi connectivity index (χ1n) is 9.43. The predicted octanol–water partition coefficient (Wildman–Crippen LogP) is 4.71. The third kappa shape index (κ3) is 5.26. The molecule has 0 amide bonds. The van der Waals surface area contributed by atoms with Crippen LogP contribution in [0.3, 0.4) is 0 Å². The van der Waals surface area contributed by atoms with Crippen LogP contribution in [0.4, 0.5) is 5.69 Å². The van der Waals surface area contributed by atoms with Crippen molar-refractivity contribution >= 4 is 23.0 Å². The predicted molar refractivity (Wildman–Crippen MR) is 120 cm³/mol. The van der Waals surface area contributed by atoms with E-state index in [1.165, 1.54) is 0 Å². The third-order valence-corrected chi connectivity index (χ3v) is 5.48. The largest absolute Gasteiger partial charge is 0.493 e. The second-order valence-corrected chi connectivity index (χ2v) is 7.37. The fraction of sp³-hybridized carbons (Fsp3) is 0.273. The van der Waals surface area contributed by atoms with Gasteiger partial charge in [-0.05, 0) is 26.0 Å². The first kappa shape index (κ1) is 20.7. The molecule has 152 valence electrons. The van der Waals surface area contributed by atoms with Crippen molar-refractivity contribution in [2.75, 3.05) is 26.1 Å². The van der Waals surface area contributed by atoms with Gasteiger partial charge >= 0.3 is 0 Å². The highest BCUT2D eigenvalue weighted by Crippen LogP contribution is 2.30. The topological polar surface area (TPSA) is 67.8 Å². The summed E-state index contributed by atoms with van der Waals surface area (Å²) in [5.74, 6) is 2.06. The molecule has 1 heterocycles. The number of methoxy groups -OCH3 is 2. The maximum Gasteiger partial charge on any atom is 0.196 e. The molecule has 0 bridgehead atoms. The molecule has 29 heavy (non-hydrogen) atoms. The Morgan fingerprint density at radius 1 is 1.07 bits per heavy atom. The minimum absolute atomic E-state index is 0.555. The summed E-state index contributed by atoms with van der Waals surface area (Å²) < 4.78 is 10.7. The van der Waals surface area contributed by atoms with Gasteiger partial charge in [-0.1, -0.05) is 30.3 Å². The smallest absolute Gasteiger partial charge is 0.196 e. The van der Waals surface area contributed by atoms with Crippen LogP contribution >= 0.6 is 11.3 Å². The fourth-order valence-electron chi connectivity index (χ4n) is 2.79. The summed E-state index contributed by atoms with van der Waals surface area (Å²) >= 11 is 1.68. The molecule has 2 aromatic carbocycles. The lowest BCUT2D eigenvalue weighted by Gasteiger charge is -2.13. The van der Waals surface area contributed by atoms with Crippen LogP contribution in [0.25, 0.3) is 10.6 Å². The number of anilines is 1. The average molecular weight is 411 g/mol. The van der Waals surface area contributed by atoms with Crippen molar-refractivity contribution in [3.05, 3.63) is 59.1 Å². The summed E-state index contributed by atoms with van der Waals surface area (Å²) in [5, 5.41) is 7.62. The highest BCUT2D eigenvalue weighted by Gasteiger charge is 2.10. The number of thiazole rings is 1. The number of guanidine groups is 1. The van der Waals surface area contributed by atoms with Crippen molar-refractivity contribution in [1.82, 2.24) is 10.3 Å². The van der Waals surface area contributed by atoms with Crippen molar-refractivity contribution in [2.45, 2.75) is 20.4 Å². The summed E-state index contributed by atoms with van der Waals surface area (Å²) in [6.45, 7) is 5.38. The molecule has 0 fully saturated rings. The molecule has 6 nitrogen and oxygen atoms in total. The number of aliphatic imine (C=N–C) groups is 1. The van der Waals surface area contributed by atoms with E-state index in [2.05, 4.69) is 22.8 Å². The number of nitrogens with zero attached hydrogens (tertiary/aromatic N) is 2. The van der Waals surface area contributed by atoms with Gasteiger partial charge in [0.15, 0.2) is 17.5 Å². The zero-order valence-electron chi connectivity index (χ0n) is 17.2. The summed E-state index contributed by atoms with van der Waals surface area (Å²) in [6, 6.07) is 15.9. The minimum atomic E-state index is 0.555. The number of aromatic nitrogens is 1. The van der Waals surface area contributed by atoms with Gasteiger partial charge in [0.2, 0.25) is 0 Å². The molecule has 0 radical (unpaired) electrons. The van der Waals surface area contributed by atoms with Gasteiger partial charge in [-0.2, -0.15) is 0 Å².